The van der Waals surface area contributed by atoms with Crippen molar-refractivity contribution in [1.82, 2.24) is 4.57 Å². The number of nitrogens with zero attached hydrogens (tertiary/aromatic N) is 2. The van der Waals surface area contributed by atoms with E-state index in [-0.39, 0.29) is 30.2 Å². The standard InChI is InChI=1S/C30H24ClFN2O4S/c1-3-37-29(36)26-18(2)33-30-34(27(26)23-9-4-5-10-24(23)31)28(35)25(39-30)16-20-7-6-8-22(15-20)38-17-19-11-13-21(32)14-12-19/h4-16,27H,3,17H2,1-2H3/b25-16-/t27-/m0/s1. The Balaban J connectivity index is 1.55. The van der Waals surface area contributed by atoms with Crippen molar-refractivity contribution in [2.75, 3.05) is 6.61 Å². The van der Waals surface area contributed by atoms with Crippen LogP contribution in [0.4, 0.5) is 4.39 Å². The molecule has 1 aliphatic rings. The number of fused-ring (bicyclic) bond motifs is 1. The monoisotopic (exact) mass is 562 g/mol. The maximum Gasteiger partial charge on any atom is 0.338 e. The minimum atomic E-state index is -0.776. The second-order valence-electron chi connectivity index (χ2n) is 8.81. The number of thiazole rings is 1. The van der Waals surface area contributed by atoms with Gasteiger partial charge in [-0.05, 0) is 66.9 Å². The molecule has 3 aromatic carbocycles. The van der Waals surface area contributed by atoms with Gasteiger partial charge < -0.3 is 9.47 Å². The smallest absolute Gasteiger partial charge is 0.338 e. The Kier molecular flexibility index (Phi) is 7.77. The predicted octanol–water partition coefficient (Wildman–Crippen LogP) is 5.17. The Morgan fingerprint density at radius 3 is 2.64 bits per heavy atom. The number of carbonyl (C=O) groups is 1. The molecule has 0 N–H and O–H groups in total. The number of hydrogen-bond donors (Lipinski definition) is 0. The summed E-state index contributed by atoms with van der Waals surface area (Å²) in [6.45, 7) is 3.93. The van der Waals surface area contributed by atoms with Crippen molar-refractivity contribution in [2.24, 2.45) is 4.99 Å². The van der Waals surface area contributed by atoms with Gasteiger partial charge in [0.15, 0.2) is 4.80 Å². The van der Waals surface area contributed by atoms with E-state index in [1.54, 1.807) is 50.3 Å². The van der Waals surface area contributed by atoms with Crippen LogP contribution >= 0.6 is 22.9 Å². The first kappa shape index (κ1) is 26.6. The summed E-state index contributed by atoms with van der Waals surface area (Å²) in [5.41, 5.74) is 2.66. The van der Waals surface area contributed by atoms with Crippen LogP contribution in [0.3, 0.4) is 0 Å². The predicted molar refractivity (Wildman–Crippen MR) is 149 cm³/mol. The van der Waals surface area contributed by atoms with Gasteiger partial charge in [-0.15, -0.1) is 0 Å². The largest absolute Gasteiger partial charge is 0.489 e. The Morgan fingerprint density at radius 1 is 1.13 bits per heavy atom. The van der Waals surface area contributed by atoms with Gasteiger partial charge in [-0.3, -0.25) is 9.36 Å². The van der Waals surface area contributed by atoms with Crippen molar-refractivity contribution in [1.29, 1.82) is 0 Å². The van der Waals surface area contributed by atoms with Crippen molar-refractivity contribution in [3.05, 3.63) is 131 Å². The molecule has 4 aromatic rings. The van der Waals surface area contributed by atoms with Crippen molar-refractivity contribution < 1.29 is 18.7 Å². The fraction of sp³-hybridized carbons (Fsp3) is 0.167. The first-order valence-corrected chi connectivity index (χ1v) is 13.5. The molecule has 0 bridgehead atoms. The number of benzene rings is 3. The van der Waals surface area contributed by atoms with Gasteiger partial charge in [-0.2, -0.15) is 0 Å². The maximum atomic E-state index is 13.8. The Morgan fingerprint density at radius 2 is 1.90 bits per heavy atom. The molecule has 1 aliphatic heterocycles. The van der Waals surface area contributed by atoms with Crippen LogP contribution < -0.4 is 19.6 Å². The summed E-state index contributed by atoms with van der Waals surface area (Å²) in [4.78, 5) is 31.8. The molecule has 6 nitrogen and oxygen atoms in total. The van der Waals surface area contributed by atoms with Crippen LogP contribution in [0.15, 0.2) is 93.9 Å². The minimum absolute atomic E-state index is 0.189. The van der Waals surface area contributed by atoms with Crippen LogP contribution in [0, 0.1) is 5.82 Å². The zero-order chi connectivity index (χ0) is 27.5. The number of halogens is 2. The molecule has 0 radical (unpaired) electrons. The van der Waals surface area contributed by atoms with E-state index in [9.17, 15) is 14.0 Å². The fourth-order valence-corrected chi connectivity index (χ4v) is 5.66. The molecule has 5 rings (SSSR count). The Hall–Kier alpha value is -4.01. The number of aromatic nitrogens is 1. The normalized spacial score (nSPS) is 15.1. The number of ether oxygens (including phenoxy) is 2. The summed E-state index contributed by atoms with van der Waals surface area (Å²) in [5.74, 6) is -0.234. The van der Waals surface area contributed by atoms with E-state index in [1.165, 1.54) is 28.0 Å². The molecule has 0 unspecified atom stereocenters. The quantitative estimate of drug-likeness (QED) is 0.291. The molecule has 1 atom stereocenters. The summed E-state index contributed by atoms with van der Waals surface area (Å²) in [7, 11) is 0. The first-order valence-electron chi connectivity index (χ1n) is 12.3. The van der Waals surface area contributed by atoms with E-state index in [2.05, 4.69) is 4.99 Å². The summed E-state index contributed by atoms with van der Waals surface area (Å²) < 4.78 is 26.3. The van der Waals surface area contributed by atoms with Crippen molar-refractivity contribution in [2.45, 2.75) is 26.5 Å². The number of esters is 1. The highest BCUT2D eigenvalue weighted by Crippen LogP contribution is 2.34. The van der Waals surface area contributed by atoms with Crippen LogP contribution in [0.1, 0.15) is 36.6 Å². The Bertz CT molecular complexity index is 1760. The SMILES string of the molecule is CCOC(=O)C1=C(C)N=c2s/c(=C\c3cccc(OCc4ccc(F)cc4)c3)c(=O)n2[C@H]1c1ccccc1Cl. The van der Waals surface area contributed by atoms with E-state index in [0.717, 1.165) is 11.1 Å². The third-order valence-electron chi connectivity index (χ3n) is 6.19. The van der Waals surface area contributed by atoms with Crippen LogP contribution in [0.2, 0.25) is 5.02 Å². The lowest BCUT2D eigenvalue weighted by Crippen LogP contribution is -2.40. The molecule has 0 spiro atoms. The van der Waals surface area contributed by atoms with Gasteiger partial charge in [0.25, 0.3) is 5.56 Å². The van der Waals surface area contributed by atoms with Gasteiger partial charge in [0.1, 0.15) is 24.2 Å². The highest BCUT2D eigenvalue weighted by molar-refractivity contribution is 7.07. The summed E-state index contributed by atoms with van der Waals surface area (Å²) in [6, 6.07) is 19.8. The molecule has 0 saturated carbocycles. The molecule has 198 valence electrons. The van der Waals surface area contributed by atoms with Gasteiger partial charge >= 0.3 is 5.97 Å². The molecule has 0 saturated heterocycles. The highest BCUT2D eigenvalue weighted by Gasteiger charge is 2.34. The van der Waals surface area contributed by atoms with Crippen molar-refractivity contribution in [3.8, 4) is 5.75 Å². The van der Waals surface area contributed by atoms with Crippen molar-refractivity contribution >= 4 is 35.0 Å². The third kappa shape index (κ3) is 5.57. The second kappa shape index (κ2) is 11.4. The molecule has 0 fully saturated rings. The maximum absolute atomic E-state index is 13.8. The summed E-state index contributed by atoms with van der Waals surface area (Å²) >= 11 is 7.78. The number of rotatable bonds is 7. The highest BCUT2D eigenvalue weighted by atomic mass is 35.5. The van der Waals surface area contributed by atoms with E-state index >= 15 is 0 Å². The van der Waals surface area contributed by atoms with Gasteiger partial charge in [-0.1, -0.05) is 65.4 Å². The fourth-order valence-electron chi connectivity index (χ4n) is 4.38. The third-order valence-corrected chi connectivity index (χ3v) is 7.52. The van der Waals surface area contributed by atoms with Crippen LogP contribution in [0.25, 0.3) is 6.08 Å². The van der Waals surface area contributed by atoms with E-state index in [1.807, 2.05) is 30.3 Å². The molecule has 0 aliphatic carbocycles. The summed E-state index contributed by atoms with van der Waals surface area (Å²) in [5, 5.41) is 0.430. The topological polar surface area (TPSA) is 69.9 Å². The van der Waals surface area contributed by atoms with E-state index in [0.29, 0.717) is 31.4 Å². The number of allylic oxidation sites excluding steroid dienone is 1. The molecule has 39 heavy (non-hydrogen) atoms. The van der Waals surface area contributed by atoms with Gasteiger partial charge in [0, 0.05) is 5.02 Å². The van der Waals surface area contributed by atoms with Gasteiger partial charge in [0.05, 0.1) is 22.4 Å². The van der Waals surface area contributed by atoms with E-state index < -0.39 is 12.0 Å². The molecular weight excluding hydrogens is 539 g/mol. The number of hydrogen-bond acceptors (Lipinski definition) is 6. The first-order chi connectivity index (χ1) is 18.9. The molecule has 0 amide bonds. The zero-order valence-corrected chi connectivity index (χ0v) is 22.8. The Labute approximate surface area is 232 Å². The van der Waals surface area contributed by atoms with Gasteiger partial charge in [0.2, 0.25) is 0 Å². The van der Waals surface area contributed by atoms with Crippen LogP contribution in [0.5, 0.6) is 5.75 Å². The van der Waals surface area contributed by atoms with Gasteiger partial charge in [-0.25, -0.2) is 14.2 Å². The molecule has 1 aromatic heterocycles. The minimum Gasteiger partial charge on any atom is -0.489 e. The lowest BCUT2D eigenvalue weighted by molar-refractivity contribution is -0.139. The average Bonchev–Trinajstić information content (AvgIpc) is 3.22. The number of carbonyl (C=O) groups excluding carboxylic acids is 1. The van der Waals surface area contributed by atoms with E-state index in [4.69, 9.17) is 21.1 Å². The summed E-state index contributed by atoms with van der Waals surface area (Å²) in [6.07, 6.45) is 1.77. The van der Waals surface area contributed by atoms with Crippen LogP contribution in [-0.2, 0) is 16.1 Å². The lowest BCUT2D eigenvalue weighted by Gasteiger charge is -2.25. The van der Waals surface area contributed by atoms with Crippen molar-refractivity contribution in [3.63, 3.8) is 0 Å². The van der Waals surface area contributed by atoms with Crippen LogP contribution in [-0.4, -0.2) is 17.1 Å². The molecule has 2 heterocycles. The molecule has 9 heteroatoms. The average molecular weight is 563 g/mol. The lowest BCUT2D eigenvalue weighted by atomic mass is 9.96. The second-order valence-corrected chi connectivity index (χ2v) is 10.2. The molecular formula is C30H24ClFN2O4S. The zero-order valence-electron chi connectivity index (χ0n) is 21.2.